The first-order valence-corrected chi connectivity index (χ1v) is 4.82. The highest BCUT2D eigenvalue weighted by Crippen LogP contribution is 2.35. The number of nitrogens with zero attached hydrogens (tertiary/aromatic N) is 2. The zero-order chi connectivity index (χ0) is 8.55. The van der Waals surface area contributed by atoms with Crippen molar-refractivity contribution in [2.24, 2.45) is 0 Å². The predicted molar refractivity (Wildman–Crippen MR) is 49.2 cm³/mol. The normalized spacial score (nSPS) is 18.2. The third-order valence-electron chi connectivity index (χ3n) is 2.68. The Morgan fingerprint density at radius 2 is 2.25 bits per heavy atom. The van der Waals surface area contributed by atoms with Gasteiger partial charge in [-0.05, 0) is 32.8 Å². The molecule has 0 atom stereocenters. The Bertz CT molecular complexity index is 259. The first-order chi connectivity index (χ1) is 5.77. The van der Waals surface area contributed by atoms with Crippen molar-refractivity contribution < 1.29 is 0 Å². The average molecular weight is 164 g/mol. The molecule has 66 valence electrons. The molecule has 12 heavy (non-hydrogen) atoms. The molecule has 1 saturated carbocycles. The summed E-state index contributed by atoms with van der Waals surface area (Å²) < 4.78 is 2.05. The van der Waals surface area contributed by atoms with Gasteiger partial charge in [0, 0.05) is 18.2 Å². The molecule has 1 aliphatic rings. The summed E-state index contributed by atoms with van der Waals surface area (Å²) in [6.45, 7) is 4.33. The molecule has 1 fully saturated rings. The lowest BCUT2D eigenvalue weighted by molar-refractivity contribution is 0.402. The van der Waals surface area contributed by atoms with Crippen LogP contribution in [0.15, 0.2) is 12.3 Å². The zero-order valence-electron chi connectivity index (χ0n) is 7.83. The SMILES string of the molecule is CC(C)n1ccc(C2CCC2)n1. The van der Waals surface area contributed by atoms with Gasteiger partial charge in [0.15, 0.2) is 0 Å². The first-order valence-electron chi connectivity index (χ1n) is 4.82. The molecule has 0 unspecified atom stereocenters. The van der Waals surface area contributed by atoms with Crippen LogP contribution in [-0.4, -0.2) is 9.78 Å². The summed E-state index contributed by atoms with van der Waals surface area (Å²) in [5.74, 6) is 0.769. The molecule has 0 N–H and O–H groups in total. The average Bonchev–Trinajstić information content (AvgIpc) is 2.32. The van der Waals surface area contributed by atoms with Crippen LogP contribution in [0.3, 0.4) is 0 Å². The van der Waals surface area contributed by atoms with Crippen molar-refractivity contribution >= 4 is 0 Å². The minimum absolute atomic E-state index is 0.499. The van der Waals surface area contributed by atoms with Crippen LogP contribution in [0.5, 0.6) is 0 Å². The molecule has 0 amide bonds. The molecular formula is C10H16N2. The van der Waals surface area contributed by atoms with Gasteiger partial charge in [-0.1, -0.05) is 6.42 Å². The molecule has 2 heteroatoms. The van der Waals surface area contributed by atoms with Gasteiger partial charge in [0.05, 0.1) is 5.69 Å². The summed E-state index contributed by atoms with van der Waals surface area (Å²) >= 11 is 0. The monoisotopic (exact) mass is 164 g/mol. The smallest absolute Gasteiger partial charge is 0.0655 e. The van der Waals surface area contributed by atoms with Crippen LogP contribution in [0, 0.1) is 0 Å². The summed E-state index contributed by atoms with van der Waals surface area (Å²) in [6.07, 6.45) is 6.17. The van der Waals surface area contributed by atoms with E-state index in [1.165, 1.54) is 25.0 Å². The Hall–Kier alpha value is -0.790. The molecule has 0 saturated heterocycles. The van der Waals surface area contributed by atoms with Crippen LogP contribution < -0.4 is 0 Å². The van der Waals surface area contributed by atoms with Gasteiger partial charge in [0.1, 0.15) is 0 Å². The maximum Gasteiger partial charge on any atom is 0.0655 e. The molecular weight excluding hydrogens is 148 g/mol. The number of rotatable bonds is 2. The van der Waals surface area contributed by atoms with Gasteiger partial charge in [-0.2, -0.15) is 5.10 Å². The molecule has 1 aromatic rings. The molecule has 2 nitrogen and oxygen atoms in total. The van der Waals surface area contributed by atoms with Crippen LogP contribution in [0.25, 0.3) is 0 Å². The Labute approximate surface area is 73.6 Å². The van der Waals surface area contributed by atoms with Crippen molar-refractivity contribution in [3.8, 4) is 0 Å². The van der Waals surface area contributed by atoms with Gasteiger partial charge < -0.3 is 0 Å². The Kier molecular flexibility index (Phi) is 1.91. The fraction of sp³-hybridized carbons (Fsp3) is 0.700. The second-order valence-electron chi connectivity index (χ2n) is 3.94. The van der Waals surface area contributed by atoms with E-state index in [4.69, 9.17) is 0 Å². The van der Waals surface area contributed by atoms with Gasteiger partial charge in [0.2, 0.25) is 0 Å². The highest BCUT2D eigenvalue weighted by molar-refractivity contribution is 5.09. The van der Waals surface area contributed by atoms with Crippen molar-refractivity contribution in [2.75, 3.05) is 0 Å². The predicted octanol–water partition coefficient (Wildman–Crippen LogP) is 2.73. The van der Waals surface area contributed by atoms with Crippen molar-refractivity contribution in [3.63, 3.8) is 0 Å². The molecule has 0 spiro atoms. The van der Waals surface area contributed by atoms with E-state index in [1.54, 1.807) is 0 Å². The van der Waals surface area contributed by atoms with Crippen LogP contribution >= 0.6 is 0 Å². The molecule has 2 rings (SSSR count). The molecule has 0 bridgehead atoms. The summed E-state index contributed by atoms with van der Waals surface area (Å²) in [4.78, 5) is 0. The summed E-state index contributed by atoms with van der Waals surface area (Å²) in [6, 6.07) is 2.67. The van der Waals surface area contributed by atoms with Gasteiger partial charge in [0.25, 0.3) is 0 Å². The first kappa shape index (κ1) is 7.84. The van der Waals surface area contributed by atoms with E-state index in [2.05, 4.69) is 31.2 Å². The molecule has 1 aromatic heterocycles. The zero-order valence-corrected chi connectivity index (χ0v) is 7.83. The fourth-order valence-corrected chi connectivity index (χ4v) is 1.56. The fourth-order valence-electron chi connectivity index (χ4n) is 1.56. The maximum absolute atomic E-state index is 4.55. The van der Waals surface area contributed by atoms with E-state index in [0.29, 0.717) is 6.04 Å². The standard InChI is InChI=1S/C10H16N2/c1-8(2)12-7-6-10(11-12)9-4-3-5-9/h6-9H,3-5H2,1-2H3. The highest BCUT2D eigenvalue weighted by Gasteiger charge is 2.21. The largest absolute Gasteiger partial charge is 0.270 e. The minimum atomic E-state index is 0.499. The van der Waals surface area contributed by atoms with Gasteiger partial charge in [-0.15, -0.1) is 0 Å². The van der Waals surface area contributed by atoms with E-state index in [9.17, 15) is 0 Å². The van der Waals surface area contributed by atoms with Crippen molar-refractivity contribution in [1.82, 2.24) is 9.78 Å². The van der Waals surface area contributed by atoms with Crippen molar-refractivity contribution in [3.05, 3.63) is 18.0 Å². The van der Waals surface area contributed by atoms with E-state index in [-0.39, 0.29) is 0 Å². The third-order valence-corrected chi connectivity index (χ3v) is 2.68. The third kappa shape index (κ3) is 1.26. The number of aromatic nitrogens is 2. The molecule has 1 aliphatic carbocycles. The lowest BCUT2D eigenvalue weighted by Crippen LogP contribution is -2.10. The van der Waals surface area contributed by atoms with Crippen molar-refractivity contribution in [1.29, 1.82) is 0 Å². The van der Waals surface area contributed by atoms with Crippen LogP contribution in [0.4, 0.5) is 0 Å². The van der Waals surface area contributed by atoms with Gasteiger partial charge >= 0.3 is 0 Å². The van der Waals surface area contributed by atoms with E-state index in [0.717, 1.165) is 5.92 Å². The Morgan fingerprint density at radius 3 is 2.67 bits per heavy atom. The quantitative estimate of drug-likeness (QED) is 0.657. The maximum atomic E-state index is 4.55. The topological polar surface area (TPSA) is 17.8 Å². The van der Waals surface area contributed by atoms with E-state index >= 15 is 0 Å². The molecule has 0 aliphatic heterocycles. The van der Waals surface area contributed by atoms with Gasteiger partial charge in [-0.25, -0.2) is 0 Å². The summed E-state index contributed by atoms with van der Waals surface area (Å²) in [5, 5.41) is 4.55. The second-order valence-corrected chi connectivity index (χ2v) is 3.94. The summed E-state index contributed by atoms with van der Waals surface area (Å²) in [5.41, 5.74) is 1.30. The highest BCUT2D eigenvalue weighted by atomic mass is 15.3. The van der Waals surface area contributed by atoms with E-state index in [1.807, 2.05) is 4.68 Å². The van der Waals surface area contributed by atoms with Crippen LogP contribution in [-0.2, 0) is 0 Å². The molecule has 0 aromatic carbocycles. The molecule has 1 heterocycles. The van der Waals surface area contributed by atoms with Gasteiger partial charge in [-0.3, -0.25) is 4.68 Å². The second kappa shape index (κ2) is 2.92. The molecule has 0 radical (unpaired) electrons. The lowest BCUT2D eigenvalue weighted by atomic mass is 9.83. The Morgan fingerprint density at radius 1 is 1.50 bits per heavy atom. The van der Waals surface area contributed by atoms with Crippen molar-refractivity contribution in [2.45, 2.75) is 45.1 Å². The number of hydrogen-bond acceptors (Lipinski definition) is 1. The lowest BCUT2D eigenvalue weighted by Gasteiger charge is -2.23. The van der Waals surface area contributed by atoms with Crippen LogP contribution in [0.1, 0.15) is 50.8 Å². The summed E-state index contributed by atoms with van der Waals surface area (Å²) in [7, 11) is 0. The number of hydrogen-bond donors (Lipinski definition) is 0. The minimum Gasteiger partial charge on any atom is -0.270 e. The van der Waals surface area contributed by atoms with E-state index < -0.39 is 0 Å². The Balaban J connectivity index is 2.12. The van der Waals surface area contributed by atoms with Crippen LogP contribution in [0.2, 0.25) is 0 Å².